The maximum Gasteiger partial charge on any atom is 0.252 e. The molecule has 3 heterocycles. The quantitative estimate of drug-likeness (QED) is 0.434. The number of hydrogen-bond donors (Lipinski definition) is 0. The number of imidazole rings is 1. The van der Waals surface area contributed by atoms with Gasteiger partial charge in [0, 0.05) is 37.7 Å². The van der Waals surface area contributed by atoms with Crippen molar-refractivity contribution in [3.8, 4) is 28.4 Å². The third kappa shape index (κ3) is 3.88. The molecule has 28 heavy (non-hydrogen) atoms. The number of aromatic nitrogens is 4. The van der Waals surface area contributed by atoms with E-state index in [2.05, 4.69) is 15.1 Å². The van der Waals surface area contributed by atoms with Crippen LogP contribution in [0.15, 0.2) is 53.3 Å². The second kappa shape index (κ2) is 8.20. The lowest BCUT2D eigenvalue weighted by atomic mass is 10.1. The number of benzene rings is 1. The molecule has 144 valence electrons. The second-order valence-electron chi connectivity index (χ2n) is 6.12. The molecule has 0 unspecified atom stereocenters. The van der Waals surface area contributed by atoms with Crippen LogP contribution in [-0.4, -0.2) is 47.0 Å². The molecule has 1 aromatic carbocycles. The summed E-state index contributed by atoms with van der Waals surface area (Å²) >= 11 is 0. The molecule has 0 N–H and O–H groups in total. The SMILES string of the molecule is COCCOc1cc(-c2cn3ccccc3n2)cc(-c2noc(COC)n2)c1. The average molecular weight is 380 g/mol. The minimum atomic E-state index is 0.260. The number of hydrogen-bond acceptors (Lipinski definition) is 7. The van der Waals surface area contributed by atoms with E-state index in [0.717, 1.165) is 22.5 Å². The number of rotatable bonds is 8. The van der Waals surface area contributed by atoms with Crippen molar-refractivity contribution in [1.29, 1.82) is 0 Å². The van der Waals surface area contributed by atoms with Gasteiger partial charge < -0.3 is 23.1 Å². The molecule has 8 nitrogen and oxygen atoms in total. The molecule has 0 spiro atoms. The minimum absolute atomic E-state index is 0.260. The lowest BCUT2D eigenvalue weighted by molar-refractivity contribution is 0.146. The molecule has 0 saturated heterocycles. The predicted molar refractivity (Wildman–Crippen MR) is 102 cm³/mol. The molecule has 4 aromatic rings. The van der Waals surface area contributed by atoms with Gasteiger partial charge in [0.1, 0.15) is 24.6 Å². The van der Waals surface area contributed by atoms with Crippen LogP contribution < -0.4 is 4.74 Å². The summed E-state index contributed by atoms with van der Waals surface area (Å²) < 4.78 is 23.1. The van der Waals surface area contributed by atoms with Gasteiger partial charge >= 0.3 is 0 Å². The Morgan fingerprint density at radius 3 is 2.71 bits per heavy atom. The average Bonchev–Trinajstić information content (AvgIpc) is 3.35. The van der Waals surface area contributed by atoms with Gasteiger partial charge in [-0.2, -0.15) is 4.98 Å². The molecule has 0 aliphatic rings. The van der Waals surface area contributed by atoms with Crippen LogP contribution in [0.3, 0.4) is 0 Å². The van der Waals surface area contributed by atoms with Crippen molar-refractivity contribution >= 4 is 5.65 Å². The molecular weight excluding hydrogens is 360 g/mol. The maximum absolute atomic E-state index is 5.83. The first-order chi connectivity index (χ1) is 13.8. The molecule has 3 aromatic heterocycles. The van der Waals surface area contributed by atoms with Crippen molar-refractivity contribution in [3.05, 3.63) is 54.7 Å². The van der Waals surface area contributed by atoms with Gasteiger partial charge in [-0.05, 0) is 30.3 Å². The van der Waals surface area contributed by atoms with Gasteiger partial charge in [-0.25, -0.2) is 4.98 Å². The zero-order chi connectivity index (χ0) is 19.3. The Morgan fingerprint density at radius 2 is 1.89 bits per heavy atom. The van der Waals surface area contributed by atoms with Crippen LogP contribution in [0, 0.1) is 0 Å². The molecule has 4 rings (SSSR count). The van der Waals surface area contributed by atoms with E-state index in [1.54, 1.807) is 14.2 Å². The Kier molecular flexibility index (Phi) is 5.31. The summed E-state index contributed by atoms with van der Waals surface area (Å²) in [4.78, 5) is 9.07. The summed E-state index contributed by atoms with van der Waals surface area (Å²) in [5.74, 6) is 1.56. The predicted octanol–water partition coefficient (Wildman–Crippen LogP) is 3.22. The second-order valence-corrected chi connectivity index (χ2v) is 6.12. The third-order valence-corrected chi connectivity index (χ3v) is 4.12. The fourth-order valence-electron chi connectivity index (χ4n) is 2.83. The van der Waals surface area contributed by atoms with Gasteiger partial charge in [0.2, 0.25) is 5.82 Å². The Morgan fingerprint density at radius 1 is 1.00 bits per heavy atom. The molecule has 0 aliphatic heterocycles. The van der Waals surface area contributed by atoms with E-state index in [1.807, 2.05) is 53.2 Å². The highest BCUT2D eigenvalue weighted by Gasteiger charge is 2.14. The van der Waals surface area contributed by atoms with Crippen LogP contribution in [0.4, 0.5) is 0 Å². The Balaban J connectivity index is 1.74. The summed E-state index contributed by atoms with van der Waals surface area (Å²) in [7, 11) is 3.22. The van der Waals surface area contributed by atoms with Crippen LogP contribution >= 0.6 is 0 Å². The first-order valence-electron chi connectivity index (χ1n) is 8.79. The van der Waals surface area contributed by atoms with Gasteiger partial charge in [0.15, 0.2) is 0 Å². The molecule has 0 bridgehead atoms. The van der Waals surface area contributed by atoms with Crippen LogP contribution in [0.25, 0.3) is 28.3 Å². The smallest absolute Gasteiger partial charge is 0.252 e. The highest BCUT2D eigenvalue weighted by Crippen LogP contribution is 2.30. The van der Waals surface area contributed by atoms with E-state index in [1.165, 1.54) is 0 Å². The fraction of sp³-hybridized carbons (Fsp3) is 0.250. The van der Waals surface area contributed by atoms with Gasteiger partial charge in [0.25, 0.3) is 5.89 Å². The Hall–Kier alpha value is -3.23. The van der Waals surface area contributed by atoms with E-state index in [4.69, 9.17) is 18.7 Å². The number of pyridine rings is 1. The summed E-state index contributed by atoms with van der Waals surface area (Å²) in [6.45, 7) is 1.19. The lowest BCUT2D eigenvalue weighted by Gasteiger charge is -2.09. The third-order valence-electron chi connectivity index (χ3n) is 4.12. The van der Waals surface area contributed by atoms with E-state index in [0.29, 0.717) is 30.7 Å². The molecule has 0 aliphatic carbocycles. The van der Waals surface area contributed by atoms with Crippen molar-refractivity contribution < 1.29 is 18.7 Å². The summed E-state index contributed by atoms with van der Waals surface area (Å²) in [6.07, 6.45) is 3.93. The van der Waals surface area contributed by atoms with Crippen LogP contribution in [0.1, 0.15) is 5.89 Å². The van der Waals surface area contributed by atoms with Crippen molar-refractivity contribution in [3.63, 3.8) is 0 Å². The standard InChI is InChI=1S/C20H20N4O4/c1-25-7-8-27-16-10-14(17-12-24-6-4-3-5-18(24)21-17)9-15(11-16)20-22-19(13-26-2)28-23-20/h3-6,9-12H,7-8,13H2,1-2H3. The van der Waals surface area contributed by atoms with E-state index < -0.39 is 0 Å². The van der Waals surface area contributed by atoms with Crippen molar-refractivity contribution in [1.82, 2.24) is 19.5 Å². The molecule has 0 amide bonds. The Bertz CT molecular complexity index is 1040. The molecule has 0 radical (unpaired) electrons. The molecule has 8 heteroatoms. The molecule has 0 atom stereocenters. The van der Waals surface area contributed by atoms with Gasteiger partial charge in [-0.15, -0.1) is 0 Å². The summed E-state index contributed by atoms with van der Waals surface area (Å²) in [5, 5.41) is 4.05. The number of fused-ring (bicyclic) bond motifs is 1. The van der Waals surface area contributed by atoms with Crippen LogP contribution in [0.2, 0.25) is 0 Å². The zero-order valence-electron chi connectivity index (χ0n) is 15.7. The largest absolute Gasteiger partial charge is 0.491 e. The molecule has 0 saturated carbocycles. The van der Waals surface area contributed by atoms with Gasteiger partial charge in [-0.1, -0.05) is 11.2 Å². The van der Waals surface area contributed by atoms with Crippen molar-refractivity contribution in [2.75, 3.05) is 27.4 Å². The van der Waals surface area contributed by atoms with E-state index >= 15 is 0 Å². The van der Waals surface area contributed by atoms with E-state index in [-0.39, 0.29) is 6.61 Å². The topological polar surface area (TPSA) is 83.9 Å². The fourth-order valence-corrected chi connectivity index (χ4v) is 2.83. The lowest BCUT2D eigenvalue weighted by Crippen LogP contribution is -2.04. The normalized spacial score (nSPS) is 11.2. The first kappa shape index (κ1) is 18.1. The van der Waals surface area contributed by atoms with Crippen LogP contribution in [0.5, 0.6) is 5.75 Å². The van der Waals surface area contributed by atoms with Crippen LogP contribution in [-0.2, 0) is 16.1 Å². The zero-order valence-corrected chi connectivity index (χ0v) is 15.7. The first-order valence-corrected chi connectivity index (χ1v) is 8.79. The molecular formula is C20H20N4O4. The van der Waals surface area contributed by atoms with Gasteiger partial charge in [0.05, 0.1) is 12.3 Å². The monoisotopic (exact) mass is 380 g/mol. The molecule has 0 fully saturated rings. The highest BCUT2D eigenvalue weighted by atomic mass is 16.5. The number of methoxy groups -OCH3 is 2. The van der Waals surface area contributed by atoms with Gasteiger partial charge in [-0.3, -0.25) is 0 Å². The van der Waals surface area contributed by atoms with Crippen molar-refractivity contribution in [2.45, 2.75) is 6.61 Å². The maximum atomic E-state index is 5.83. The summed E-state index contributed by atoms with van der Waals surface area (Å²) in [5.41, 5.74) is 3.36. The Labute approximate surface area is 161 Å². The minimum Gasteiger partial charge on any atom is -0.491 e. The van der Waals surface area contributed by atoms with Crippen molar-refractivity contribution in [2.24, 2.45) is 0 Å². The highest BCUT2D eigenvalue weighted by molar-refractivity contribution is 5.71. The number of nitrogens with zero attached hydrogens (tertiary/aromatic N) is 4. The van der Waals surface area contributed by atoms with E-state index in [9.17, 15) is 0 Å². The number of ether oxygens (including phenoxy) is 3. The summed E-state index contributed by atoms with van der Waals surface area (Å²) in [6, 6.07) is 11.7.